The Kier molecular flexibility index (Phi) is 3.77. The number of hydrogen-bond donors (Lipinski definition) is 0. The molecule has 0 amide bonds. The summed E-state index contributed by atoms with van der Waals surface area (Å²) in [4.78, 5) is 22.1. The smallest absolute Gasteiger partial charge is 0.330 e. The minimum absolute atomic E-state index is 0.0588. The van der Waals surface area contributed by atoms with Crippen LogP contribution < -0.4 is 5.69 Å². The number of pyridine rings is 2. The van der Waals surface area contributed by atoms with E-state index < -0.39 is 0 Å². The monoisotopic (exact) mass is 374 g/mol. The molecular formula is C20H18N6O2. The summed E-state index contributed by atoms with van der Waals surface area (Å²) in [7, 11) is 1.77. The van der Waals surface area contributed by atoms with Crippen LogP contribution >= 0.6 is 0 Å². The molecular weight excluding hydrogens is 356 g/mol. The summed E-state index contributed by atoms with van der Waals surface area (Å²) in [5.41, 5.74) is 4.19. The third-order valence-electron chi connectivity index (χ3n) is 5.39. The van der Waals surface area contributed by atoms with E-state index in [0.29, 0.717) is 30.1 Å². The van der Waals surface area contributed by atoms with Gasteiger partial charge in [0.05, 0.1) is 28.7 Å². The van der Waals surface area contributed by atoms with Crippen LogP contribution in [0, 0.1) is 11.3 Å². The molecule has 1 aliphatic rings. The molecule has 1 saturated heterocycles. The van der Waals surface area contributed by atoms with Crippen LogP contribution in [0.15, 0.2) is 41.5 Å². The molecule has 0 radical (unpaired) electrons. The van der Waals surface area contributed by atoms with Crippen molar-refractivity contribution in [3.05, 3.63) is 52.7 Å². The number of imidazole rings is 2. The second kappa shape index (κ2) is 6.32. The maximum atomic E-state index is 12.9. The molecule has 0 N–H and O–H groups in total. The highest BCUT2D eigenvalue weighted by Gasteiger charge is 2.23. The Morgan fingerprint density at radius 2 is 2.04 bits per heavy atom. The molecule has 0 atom stereocenters. The van der Waals surface area contributed by atoms with Gasteiger partial charge in [0.15, 0.2) is 5.65 Å². The number of ether oxygens (including phenoxy) is 1. The summed E-state index contributed by atoms with van der Waals surface area (Å²) in [6, 6.07) is 9.59. The number of hydrogen-bond acceptors (Lipinski definition) is 5. The molecule has 8 nitrogen and oxygen atoms in total. The largest absolute Gasteiger partial charge is 0.381 e. The number of nitriles is 1. The zero-order valence-corrected chi connectivity index (χ0v) is 15.4. The summed E-state index contributed by atoms with van der Waals surface area (Å²) < 4.78 is 10.7. The zero-order chi connectivity index (χ0) is 19.3. The first-order valence-corrected chi connectivity index (χ1v) is 9.20. The summed E-state index contributed by atoms with van der Waals surface area (Å²) in [6.45, 7) is 1.30. The van der Waals surface area contributed by atoms with E-state index >= 15 is 0 Å². The first kappa shape index (κ1) is 16.7. The lowest BCUT2D eigenvalue weighted by atomic mass is 10.1. The lowest BCUT2D eigenvalue weighted by Crippen LogP contribution is -2.30. The van der Waals surface area contributed by atoms with Crippen molar-refractivity contribution in [3.63, 3.8) is 0 Å². The van der Waals surface area contributed by atoms with Gasteiger partial charge in [-0.05, 0) is 37.1 Å². The normalized spacial score (nSPS) is 15.3. The van der Waals surface area contributed by atoms with Crippen molar-refractivity contribution in [2.45, 2.75) is 18.9 Å². The molecule has 5 heterocycles. The minimum atomic E-state index is -0.0588. The molecule has 140 valence electrons. The lowest BCUT2D eigenvalue weighted by molar-refractivity contribution is 0.0695. The third-order valence-corrected chi connectivity index (χ3v) is 5.39. The van der Waals surface area contributed by atoms with E-state index in [-0.39, 0.29) is 11.7 Å². The molecule has 0 aromatic carbocycles. The summed E-state index contributed by atoms with van der Waals surface area (Å²) >= 11 is 0. The topological polar surface area (TPSA) is 90.1 Å². The van der Waals surface area contributed by atoms with Crippen LogP contribution in [0.25, 0.3) is 28.2 Å². The average molecular weight is 374 g/mol. The molecule has 8 heteroatoms. The molecule has 1 aliphatic heterocycles. The van der Waals surface area contributed by atoms with E-state index in [2.05, 4.69) is 11.1 Å². The number of rotatable bonds is 2. The van der Waals surface area contributed by atoms with Crippen molar-refractivity contribution in [2.75, 3.05) is 13.2 Å². The Morgan fingerprint density at radius 3 is 2.82 bits per heavy atom. The molecule has 0 unspecified atom stereocenters. The summed E-state index contributed by atoms with van der Waals surface area (Å²) in [5.74, 6) is 0. The van der Waals surface area contributed by atoms with Gasteiger partial charge < -0.3 is 4.74 Å². The van der Waals surface area contributed by atoms with Crippen LogP contribution in [0.4, 0.5) is 0 Å². The number of aryl methyl sites for hydroxylation is 1. The molecule has 5 rings (SSSR count). The van der Waals surface area contributed by atoms with Crippen molar-refractivity contribution in [3.8, 4) is 17.5 Å². The summed E-state index contributed by atoms with van der Waals surface area (Å²) in [5, 5.41) is 9.20. The van der Waals surface area contributed by atoms with Gasteiger partial charge in [0.1, 0.15) is 11.7 Å². The van der Waals surface area contributed by atoms with Gasteiger partial charge in [-0.15, -0.1) is 0 Å². The number of fused-ring (bicyclic) bond motifs is 2. The lowest BCUT2D eigenvalue weighted by Gasteiger charge is -2.22. The molecule has 28 heavy (non-hydrogen) atoms. The highest BCUT2D eigenvalue weighted by atomic mass is 16.5. The van der Waals surface area contributed by atoms with Gasteiger partial charge in [-0.2, -0.15) is 5.26 Å². The Hall–Kier alpha value is -3.44. The first-order chi connectivity index (χ1) is 13.7. The highest BCUT2D eigenvalue weighted by molar-refractivity contribution is 5.76. The van der Waals surface area contributed by atoms with Crippen molar-refractivity contribution in [1.29, 1.82) is 5.26 Å². The Balaban J connectivity index is 1.72. The second-order valence-electron chi connectivity index (χ2n) is 7.00. The molecule has 4 aromatic rings. The van der Waals surface area contributed by atoms with Gasteiger partial charge >= 0.3 is 5.69 Å². The van der Waals surface area contributed by atoms with Crippen molar-refractivity contribution in [1.82, 2.24) is 23.5 Å². The van der Waals surface area contributed by atoms with E-state index in [4.69, 9.17) is 9.72 Å². The predicted molar refractivity (Wildman–Crippen MR) is 103 cm³/mol. The van der Waals surface area contributed by atoms with Crippen LogP contribution in [-0.2, 0) is 11.8 Å². The molecule has 0 bridgehead atoms. The van der Waals surface area contributed by atoms with Gasteiger partial charge in [0, 0.05) is 32.5 Å². The Bertz CT molecular complexity index is 1300. The van der Waals surface area contributed by atoms with Crippen molar-refractivity contribution in [2.24, 2.45) is 7.05 Å². The van der Waals surface area contributed by atoms with Crippen LogP contribution in [0.1, 0.15) is 24.4 Å². The van der Waals surface area contributed by atoms with Gasteiger partial charge in [0.2, 0.25) is 0 Å². The van der Waals surface area contributed by atoms with Gasteiger partial charge in [-0.25, -0.2) is 14.8 Å². The summed E-state index contributed by atoms with van der Waals surface area (Å²) in [6.07, 6.45) is 5.09. The van der Waals surface area contributed by atoms with E-state index in [1.807, 2.05) is 16.5 Å². The zero-order valence-electron chi connectivity index (χ0n) is 15.4. The predicted octanol–water partition coefficient (Wildman–Crippen LogP) is 2.27. The quantitative estimate of drug-likeness (QED) is 0.537. The SMILES string of the molecule is Cn1c(=O)n(C2CCOCC2)c2nc(-c3cnc4ccc(C#N)cn34)ccc21. The molecule has 0 aliphatic carbocycles. The molecule has 0 spiro atoms. The van der Waals surface area contributed by atoms with Gasteiger partial charge in [-0.1, -0.05) is 0 Å². The fourth-order valence-electron chi connectivity index (χ4n) is 3.89. The van der Waals surface area contributed by atoms with Crippen LogP contribution in [-0.4, -0.2) is 36.7 Å². The van der Waals surface area contributed by atoms with E-state index in [0.717, 1.165) is 29.7 Å². The van der Waals surface area contributed by atoms with Crippen LogP contribution in [0.2, 0.25) is 0 Å². The van der Waals surface area contributed by atoms with E-state index in [1.165, 1.54) is 0 Å². The Labute approximate surface area is 160 Å². The number of aromatic nitrogens is 5. The average Bonchev–Trinajstić information content (AvgIpc) is 3.27. The number of nitrogens with zero attached hydrogens (tertiary/aromatic N) is 6. The Morgan fingerprint density at radius 1 is 1.21 bits per heavy atom. The highest BCUT2D eigenvalue weighted by Crippen LogP contribution is 2.26. The van der Waals surface area contributed by atoms with Crippen LogP contribution in [0.5, 0.6) is 0 Å². The minimum Gasteiger partial charge on any atom is -0.381 e. The standard InChI is InChI=1S/C20H18N6O2/c1-24-16-4-3-15(17-11-22-18-5-2-13(10-21)12-25(17)18)23-19(16)26(20(24)27)14-6-8-28-9-7-14/h2-5,11-12,14H,6-9H2,1H3. The first-order valence-electron chi connectivity index (χ1n) is 9.20. The molecule has 1 fully saturated rings. The third kappa shape index (κ3) is 2.44. The van der Waals surface area contributed by atoms with Gasteiger partial charge in [0.25, 0.3) is 0 Å². The molecule has 0 saturated carbocycles. The van der Waals surface area contributed by atoms with Gasteiger partial charge in [-0.3, -0.25) is 13.5 Å². The van der Waals surface area contributed by atoms with E-state index in [9.17, 15) is 10.1 Å². The fourth-order valence-corrected chi connectivity index (χ4v) is 3.89. The van der Waals surface area contributed by atoms with Crippen molar-refractivity contribution >= 4 is 16.8 Å². The fraction of sp³-hybridized carbons (Fsp3) is 0.300. The van der Waals surface area contributed by atoms with E-state index in [1.54, 1.807) is 40.7 Å². The maximum Gasteiger partial charge on any atom is 0.330 e. The second-order valence-corrected chi connectivity index (χ2v) is 7.00. The van der Waals surface area contributed by atoms with Crippen molar-refractivity contribution < 1.29 is 4.74 Å². The van der Waals surface area contributed by atoms with Crippen LogP contribution in [0.3, 0.4) is 0 Å². The molecule has 4 aromatic heterocycles. The maximum absolute atomic E-state index is 12.9.